The van der Waals surface area contributed by atoms with Crippen molar-refractivity contribution in [2.45, 2.75) is 6.42 Å². The van der Waals surface area contributed by atoms with Crippen molar-refractivity contribution in [1.82, 2.24) is 9.97 Å². The topological polar surface area (TPSA) is 70.5 Å². The van der Waals surface area contributed by atoms with Crippen LogP contribution in [0.3, 0.4) is 0 Å². The van der Waals surface area contributed by atoms with Gasteiger partial charge in [0.25, 0.3) is 0 Å². The average Bonchev–Trinajstić information content (AvgIpc) is 2.54. The van der Waals surface area contributed by atoms with Crippen LogP contribution in [0.4, 0.5) is 0 Å². The Balaban J connectivity index is 1.99. The molecule has 0 atom stereocenters. The predicted molar refractivity (Wildman–Crippen MR) is 75.5 cm³/mol. The molecule has 0 saturated carbocycles. The largest absolute Gasteiger partial charge is 0.464 e. The number of carbonyl (C=O) groups is 1. The Morgan fingerprint density at radius 3 is 2.43 bits per heavy atom. The molecule has 0 aliphatic heterocycles. The number of methoxy groups -OCH3 is 2. The van der Waals surface area contributed by atoms with E-state index in [2.05, 4.69) is 14.7 Å². The number of hydrogen-bond acceptors (Lipinski definition) is 6. The lowest BCUT2D eigenvalue weighted by Crippen LogP contribution is -2.04. The molecule has 21 heavy (non-hydrogen) atoms. The van der Waals surface area contributed by atoms with Gasteiger partial charge in [0.05, 0.1) is 26.1 Å². The van der Waals surface area contributed by atoms with E-state index in [0.717, 1.165) is 12.0 Å². The monoisotopic (exact) mass is 288 g/mol. The first-order valence-electron chi connectivity index (χ1n) is 6.39. The number of aromatic nitrogens is 2. The molecule has 0 N–H and O–H groups in total. The lowest BCUT2D eigenvalue weighted by molar-refractivity contribution is 0.0593. The van der Waals surface area contributed by atoms with Crippen LogP contribution in [-0.2, 0) is 15.9 Å². The normalized spacial score (nSPS) is 10.2. The summed E-state index contributed by atoms with van der Waals surface area (Å²) in [5.41, 5.74) is 1.30. The van der Waals surface area contributed by atoms with Crippen LogP contribution in [0.15, 0.2) is 36.7 Å². The van der Waals surface area contributed by atoms with Gasteiger partial charge in [0.15, 0.2) is 5.69 Å². The summed E-state index contributed by atoms with van der Waals surface area (Å²) < 4.78 is 15.1. The molecule has 1 heterocycles. The third-order valence-corrected chi connectivity index (χ3v) is 2.76. The lowest BCUT2D eigenvalue weighted by atomic mass is 10.1. The molecule has 0 saturated heterocycles. The minimum Gasteiger partial charge on any atom is -0.464 e. The van der Waals surface area contributed by atoms with E-state index >= 15 is 0 Å². The molecule has 0 unspecified atom stereocenters. The molecule has 0 radical (unpaired) electrons. The summed E-state index contributed by atoms with van der Waals surface area (Å²) in [6.45, 7) is 0.681. The van der Waals surface area contributed by atoms with Crippen LogP contribution in [0, 0.1) is 0 Å². The van der Waals surface area contributed by atoms with Crippen LogP contribution in [0.25, 0.3) is 0 Å². The van der Waals surface area contributed by atoms with Gasteiger partial charge in [-0.05, 0) is 24.1 Å². The van der Waals surface area contributed by atoms with Crippen LogP contribution in [0.1, 0.15) is 16.1 Å². The van der Waals surface area contributed by atoms with Crippen molar-refractivity contribution in [2.24, 2.45) is 0 Å². The molecule has 0 aliphatic rings. The zero-order chi connectivity index (χ0) is 15.1. The van der Waals surface area contributed by atoms with E-state index in [1.165, 1.54) is 19.5 Å². The van der Waals surface area contributed by atoms with Gasteiger partial charge in [-0.1, -0.05) is 12.1 Å². The van der Waals surface area contributed by atoms with E-state index in [9.17, 15) is 4.79 Å². The van der Waals surface area contributed by atoms with Crippen molar-refractivity contribution in [3.8, 4) is 11.6 Å². The van der Waals surface area contributed by atoms with E-state index in [1.54, 1.807) is 7.11 Å². The highest BCUT2D eigenvalue weighted by molar-refractivity contribution is 5.86. The molecule has 110 valence electrons. The number of esters is 1. The Morgan fingerprint density at radius 1 is 1.10 bits per heavy atom. The van der Waals surface area contributed by atoms with Crippen LogP contribution < -0.4 is 4.74 Å². The van der Waals surface area contributed by atoms with E-state index in [0.29, 0.717) is 18.2 Å². The highest BCUT2D eigenvalue weighted by Gasteiger charge is 2.08. The summed E-state index contributed by atoms with van der Waals surface area (Å²) in [6, 6.07) is 7.62. The third kappa shape index (κ3) is 4.25. The Morgan fingerprint density at radius 2 is 1.86 bits per heavy atom. The first-order valence-corrected chi connectivity index (χ1v) is 6.39. The minimum absolute atomic E-state index is 0.139. The SMILES string of the molecule is COCCc1ccc(Oc2cnc(C(=O)OC)cn2)cc1. The predicted octanol–water partition coefficient (Wildman–Crippen LogP) is 2.24. The molecular weight excluding hydrogens is 272 g/mol. The van der Waals surface area contributed by atoms with E-state index in [-0.39, 0.29) is 5.69 Å². The van der Waals surface area contributed by atoms with E-state index < -0.39 is 5.97 Å². The highest BCUT2D eigenvalue weighted by Crippen LogP contribution is 2.19. The number of ether oxygens (including phenoxy) is 3. The molecule has 0 spiro atoms. The second-order valence-electron chi connectivity index (χ2n) is 4.22. The molecule has 6 nitrogen and oxygen atoms in total. The van der Waals surface area contributed by atoms with Gasteiger partial charge >= 0.3 is 5.97 Å². The van der Waals surface area contributed by atoms with Gasteiger partial charge in [-0.2, -0.15) is 0 Å². The zero-order valence-electron chi connectivity index (χ0n) is 11.9. The molecule has 2 aromatic rings. The Hall–Kier alpha value is -2.47. The number of nitrogens with zero attached hydrogens (tertiary/aromatic N) is 2. The molecular formula is C15H16N2O4. The van der Waals surface area contributed by atoms with Gasteiger partial charge in [0.1, 0.15) is 5.75 Å². The van der Waals surface area contributed by atoms with Gasteiger partial charge in [-0.25, -0.2) is 14.8 Å². The van der Waals surface area contributed by atoms with E-state index in [1.807, 2.05) is 24.3 Å². The summed E-state index contributed by atoms with van der Waals surface area (Å²) in [7, 11) is 2.97. The van der Waals surface area contributed by atoms with Gasteiger partial charge in [0, 0.05) is 7.11 Å². The molecule has 2 rings (SSSR count). The van der Waals surface area contributed by atoms with Gasteiger partial charge in [0.2, 0.25) is 5.88 Å². The number of carbonyl (C=O) groups excluding carboxylic acids is 1. The van der Waals surface area contributed by atoms with Crippen LogP contribution >= 0.6 is 0 Å². The molecule has 6 heteroatoms. The van der Waals surface area contributed by atoms with Crippen molar-refractivity contribution in [1.29, 1.82) is 0 Å². The molecule has 0 aliphatic carbocycles. The Bertz CT molecular complexity index is 582. The maximum atomic E-state index is 11.2. The fraction of sp³-hybridized carbons (Fsp3) is 0.267. The first-order chi connectivity index (χ1) is 10.2. The third-order valence-electron chi connectivity index (χ3n) is 2.76. The highest BCUT2D eigenvalue weighted by atomic mass is 16.5. The lowest BCUT2D eigenvalue weighted by Gasteiger charge is -2.06. The molecule has 0 bridgehead atoms. The number of benzene rings is 1. The Labute approximate surface area is 122 Å². The summed E-state index contributed by atoms with van der Waals surface area (Å²) in [6.07, 6.45) is 3.55. The zero-order valence-corrected chi connectivity index (χ0v) is 11.9. The minimum atomic E-state index is -0.531. The fourth-order valence-corrected chi connectivity index (χ4v) is 1.64. The van der Waals surface area contributed by atoms with Crippen molar-refractivity contribution in [3.63, 3.8) is 0 Å². The van der Waals surface area contributed by atoms with Gasteiger partial charge in [-0.3, -0.25) is 0 Å². The van der Waals surface area contributed by atoms with Crippen LogP contribution in [0.5, 0.6) is 11.6 Å². The number of hydrogen-bond donors (Lipinski definition) is 0. The average molecular weight is 288 g/mol. The van der Waals surface area contributed by atoms with Crippen molar-refractivity contribution in [3.05, 3.63) is 47.9 Å². The van der Waals surface area contributed by atoms with Crippen molar-refractivity contribution in [2.75, 3.05) is 20.8 Å². The summed E-state index contributed by atoms with van der Waals surface area (Å²) in [4.78, 5) is 19.2. The summed E-state index contributed by atoms with van der Waals surface area (Å²) in [5, 5.41) is 0. The van der Waals surface area contributed by atoms with Crippen molar-refractivity contribution >= 4 is 5.97 Å². The first kappa shape index (κ1) is 14.9. The second-order valence-corrected chi connectivity index (χ2v) is 4.22. The maximum absolute atomic E-state index is 11.2. The van der Waals surface area contributed by atoms with E-state index in [4.69, 9.17) is 9.47 Å². The molecule has 0 fully saturated rings. The molecule has 1 aromatic heterocycles. The quantitative estimate of drug-likeness (QED) is 0.759. The number of rotatable bonds is 6. The van der Waals surface area contributed by atoms with Crippen molar-refractivity contribution < 1.29 is 19.0 Å². The fourth-order valence-electron chi connectivity index (χ4n) is 1.64. The van der Waals surface area contributed by atoms with Crippen LogP contribution in [-0.4, -0.2) is 36.8 Å². The maximum Gasteiger partial charge on any atom is 0.358 e. The summed E-state index contributed by atoms with van der Waals surface area (Å²) in [5.74, 6) is 0.431. The smallest absolute Gasteiger partial charge is 0.358 e. The standard InChI is InChI=1S/C15H16N2O4/c1-19-8-7-11-3-5-12(6-4-11)21-14-10-16-13(9-17-14)15(18)20-2/h3-6,9-10H,7-8H2,1-2H3. The van der Waals surface area contributed by atoms with Gasteiger partial charge < -0.3 is 14.2 Å². The van der Waals surface area contributed by atoms with Gasteiger partial charge in [-0.15, -0.1) is 0 Å². The molecule has 1 aromatic carbocycles. The summed E-state index contributed by atoms with van der Waals surface area (Å²) >= 11 is 0. The molecule has 0 amide bonds. The van der Waals surface area contributed by atoms with Crippen LogP contribution in [0.2, 0.25) is 0 Å². The second kappa shape index (κ2) is 7.35. The Kier molecular flexibility index (Phi) is 5.22.